The first-order valence-corrected chi connectivity index (χ1v) is 9.00. The zero-order valence-corrected chi connectivity index (χ0v) is 16.9. The molecule has 0 unspecified atom stereocenters. The number of esters is 1. The SMILES string of the molecule is CCn1c(C)c(C(=O)CN(CCOC)C(=O)c2ccco2)c(C)c1C(=O)OC. The van der Waals surface area contributed by atoms with E-state index in [0.29, 0.717) is 29.1 Å². The van der Waals surface area contributed by atoms with E-state index in [1.807, 2.05) is 6.92 Å². The van der Waals surface area contributed by atoms with Crippen molar-refractivity contribution < 1.29 is 28.3 Å². The highest BCUT2D eigenvalue weighted by Gasteiger charge is 2.28. The van der Waals surface area contributed by atoms with Gasteiger partial charge < -0.3 is 23.4 Å². The number of ketones is 1. The van der Waals surface area contributed by atoms with Crippen LogP contribution in [0.15, 0.2) is 22.8 Å². The average molecular weight is 390 g/mol. The van der Waals surface area contributed by atoms with Crippen LogP contribution < -0.4 is 0 Å². The normalized spacial score (nSPS) is 10.8. The van der Waals surface area contributed by atoms with Crippen molar-refractivity contribution in [1.82, 2.24) is 9.47 Å². The predicted octanol–water partition coefficient (Wildman–Crippen LogP) is 2.48. The van der Waals surface area contributed by atoms with Gasteiger partial charge in [-0.1, -0.05) is 0 Å². The summed E-state index contributed by atoms with van der Waals surface area (Å²) in [6.45, 7) is 6.26. The molecule has 28 heavy (non-hydrogen) atoms. The van der Waals surface area contributed by atoms with E-state index in [9.17, 15) is 14.4 Å². The van der Waals surface area contributed by atoms with Crippen molar-refractivity contribution in [2.24, 2.45) is 0 Å². The average Bonchev–Trinajstić information content (AvgIpc) is 3.30. The van der Waals surface area contributed by atoms with Gasteiger partial charge in [-0.05, 0) is 38.5 Å². The van der Waals surface area contributed by atoms with Crippen LogP contribution in [-0.2, 0) is 16.0 Å². The number of hydrogen-bond acceptors (Lipinski definition) is 6. The molecule has 2 aromatic rings. The molecule has 0 aliphatic heterocycles. The molecular formula is C20H26N2O6. The Morgan fingerprint density at radius 2 is 1.93 bits per heavy atom. The molecule has 8 nitrogen and oxygen atoms in total. The summed E-state index contributed by atoms with van der Waals surface area (Å²) < 4.78 is 16.8. The molecule has 0 atom stereocenters. The zero-order valence-electron chi connectivity index (χ0n) is 16.9. The first kappa shape index (κ1) is 21.4. The number of hydrogen-bond donors (Lipinski definition) is 0. The molecule has 2 heterocycles. The highest BCUT2D eigenvalue weighted by molar-refractivity contribution is 6.05. The van der Waals surface area contributed by atoms with Crippen LogP contribution in [0.3, 0.4) is 0 Å². The van der Waals surface area contributed by atoms with Crippen LogP contribution in [-0.4, -0.2) is 61.0 Å². The molecule has 0 N–H and O–H groups in total. The molecule has 1 amide bonds. The van der Waals surface area contributed by atoms with Crippen molar-refractivity contribution in [3.63, 3.8) is 0 Å². The quantitative estimate of drug-likeness (QED) is 0.483. The summed E-state index contributed by atoms with van der Waals surface area (Å²) in [5, 5.41) is 0. The number of methoxy groups -OCH3 is 2. The van der Waals surface area contributed by atoms with Gasteiger partial charge >= 0.3 is 5.97 Å². The van der Waals surface area contributed by atoms with E-state index in [4.69, 9.17) is 13.9 Å². The Morgan fingerprint density at radius 3 is 2.46 bits per heavy atom. The lowest BCUT2D eigenvalue weighted by Gasteiger charge is -2.20. The largest absolute Gasteiger partial charge is 0.464 e. The second-order valence-electron chi connectivity index (χ2n) is 6.29. The lowest BCUT2D eigenvalue weighted by molar-refractivity contribution is 0.0586. The van der Waals surface area contributed by atoms with Gasteiger partial charge in [0.15, 0.2) is 11.5 Å². The molecule has 152 valence electrons. The van der Waals surface area contributed by atoms with Crippen molar-refractivity contribution in [3.8, 4) is 0 Å². The Hall–Kier alpha value is -2.87. The topological polar surface area (TPSA) is 91.0 Å². The van der Waals surface area contributed by atoms with Crippen molar-refractivity contribution in [2.45, 2.75) is 27.3 Å². The zero-order chi connectivity index (χ0) is 20.8. The number of ether oxygens (including phenoxy) is 2. The fraction of sp³-hybridized carbons (Fsp3) is 0.450. The van der Waals surface area contributed by atoms with Crippen molar-refractivity contribution in [2.75, 3.05) is 33.9 Å². The Labute approximate surface area is 164 Å². The fourth-order valence-corrected chi connectivity index (χ4v) is 3.32. The second kappa shape index (κ2) is 9.36. The molecule has 8 heteroatoms. The summed E-state index contributed by atoms with van der Waals surface area (Å²) >= 11 is 0. The van der Waals surface area contributed by atoms with Crippen LogP contribution in [0.4, 0.5) is 0 Å². The van der Waals surface area contributed by atoms with Gasteiger partial charge in [-0.15, -0.1) is 0 Å². The maximum Gasteiger partial charge on any atom is 0.354 e. The maximum atomic E-state index is 13.1. The van der Waals surface area contributed by atoms with Gasteiger partial charge in [0, 0.05) is 31.5 Å². The van der Waals surface area contributed by atoms with E-state index in [-0.39, 0.29) is 31.2 Å². The summed E-state index contributed by atoms with van der Waals surface area (Å²) in [5.41, 5.74) is 2.00. The highest BCUT2D eigenvalue weighted by Crippen LogP contribution is 2.24. The lowest BCUT2D eigenvalue weighted by Crippen LogP contribution is -2.38. The van der Waals surface area contributed by atoms with Gasteiger partial charge in [0.25, 0.3) is 5.91 Å². The van der Waals surface area contributed by atoms with Gasteiger partial charge in [-0.25, -0.2) is 4.79 Å². The molecule has 2 rings (SSSR count). The lowest BCUT2D eigenvalue weighted by atomic mass is 10.1. The molecule has 0 saturated carbocycles. The van der Waals surface area contributed by atoms with Gasteiger partial charge in [0.05, 0.1) is 26.5 Å². The van der Waals surface area contributed by atoms with Gasteiger partial charge in [0.1, 0.15) is 5.69 Å². The van der Waals surface area contributed by atoms with E-state index < -0.39 is 11.9 Å². The van der Waals surface area contributed by atoms with E-state index in [1.165, 1.54) is 25.4 Å². The predicted molar refractivity (Wildman–Crippen MR) is 102 cm³/mol. The van der Waals surface area contributed by atoms with Gasteiger partial charge in [-0.2, -0.15) is 0 Å². The summed E-state index contributed by atoms with van der Waals surface area (Å²) in [5.74, 6) is -1.000. The first-order valence-electron chi connectivity index (χ1n) is 9.00. The molecular weight excluding hydrogens is 364 g/mol. The van der Waals surface area contributed by atoms with E-state index >= 15 is 0 Å². The number of rotatable bonds is 9. The van der Waals surface area contributed by atoms with Crippen LogP contribution in [0.25, 0.3) is 0 Å². The highest BCUT2D eigenvalue weighted by atomic mass is 16.5. The van der Waals surface area contributed by atoms with E-state index in [2.05, 4.69) is 0 Å². The molecule has 0 fully saturated rings. The van der Waals surface area contributed by atoms with Crippen LogP contribution in [0, 0.1) is 13.8 Å². The van der Waals surface area contributed by atoms with Crippen LogP contribution in [0.5, 0.6) is 0 Å². The summed E-state index contributed by atoms with van der Waals surface area (Å²) in [6, 6.07) is 3.16. The number of furan rings is 1. The number of amides is 1. The molecule has 0 bridgehead atoms. The Kier molecular flexibility index (Phi) is 7.17. The Balaban J connectivity index is 2.36. The third-order valence-electron chi connectivity index (χ3n) is 4.66. The molecule has 0 aliphatic rings. The summed E-state index contributed by atoms with van der Waals surface area (Å²) in [7, 11) is 2.83. The number of carbonyl (C=O) groups excluding carboxylic acids is 3. The van der Waals surface area contributed by atoms with Crippen LogP contribution in [0.2, 0.25) is 0 Å². The third kappa shape index (κ3) is 4.17. The van der Waals surface area contributed by atoms with Crippen LogP contribution in [0.1, 0.15) is 49.6 Å². The third-order valence-corrected chi connectivity index (χ3v) is 4.66. The van der Waals surface area contributed by atoms with Crippen LogP contribution >= 0.6 is 0 Å². The number of carbonyl (C=O) groups is 3. The summed E-state index contributed by atoms with van der Waals surface area (Å²) in [4.78, 5) is 39.3. The first-order chi connectivity index (χ1) is 13.4. The molecule has 0 aliphatic carbocycles. The monoisotopic (exact) mass is 390 g/mol. The Morgan fingerprint density at radius 1 is 1.21 bits per heavy atom. The maximum absolute atomic E-state index is 13.1. The number of nitrogens with zero attached hydrogens (tertiary/aromatic N) is 2. The number of aromatic nitrogens is 1. The van der Waals surface area contributed by atoms with Crippen molar-refractivity contribution in [3.05, 3.63) is 46.7 Å². The molecule has 0 aromatic carbocycles. The molecule has 0 spiro atoms. The van der Waals surface area contributed by atoms with Gasteiger partial charge in [-0.3, -0.25) is 9.59 Å². The molecule has 2 aromatic heterocycles. The second-order valence-corrected chi connectivity index (χ2v) is 6.29. The smallest absolute Gasteiger partial charge is 0.354 e. The minimum Gasteiger partial charge on any atom is -0.464 e. The minimum atomic E-state index is -0.496. The molecule has 0 radical (unpaired) electrons. The van der Waals surface area contributed by atoms with Crippen molar-refractivity contribution >= 4 is 17.7 Å². The standard InChI is InChI=1S/C20H26N2O6/c1-6-22-14(3)17(13(2)18(22)20(25)27-5)15(23)12-21(9-11-26-4)19(24)16-8-7-10-28-16/h7-8,10H,6,9,11-12H2,1-5H3. The fourth-order valence-electron chi connectivity index (χ4n) is 3.32. The van der Waals surface area contributed by atoms with Crippen molar-refractivity contribution in [1.29, 1.82) is 0 Å². The summed E-state index contributed by atoms with van der Waals surface area (Å²) in [6.07, 6.45) is 1.40. The molecule has 0 saturated heterocycles. The van der Waals surface area contributed by atoms with Gasteiger partial charge in [0.2, 0.25) is 0 Å². The van der Waals surface area contributed by atoms with E-state index in [0.717, 1.165) is 0 Å². The Bertz CT molecular complexity index is 851. The number of Topliss-reactive ketones (excluding diaryl/α,β-unsaturated/α-hetero) is 1. The van der Waals surface area contributed by atoms with E-state index in [1.54, 1.807) is 30.5 Å². The minimum absolute atomic E-state index is 0.152.